The summed E-state index contributed by atoms with van der Waals surface area (Å²) in [4.78, 5) is 31.9. The highest BCUT2D eigenvalue weighted by Gasteiger charge is 2.49. The molecule has 3 fully saturated rings. The van der Waals surface area contributed by atoms with Gasteiger partial charge in [-0.25, -0.2) is 9.37 Å². The van der Waals surface area contributed by atoms with Crippen LogP contribution in [0.1, 0.15) is 55.5 Å². The molecule has 0 radical (unpaired) electrons. The van der Waals surface area contributed by atoms with Crippen LogP contribution in [0.3, 0.4) is 0 Å². The molecule has 6 heterocycles. The minimum absolute atomic E-state index is 0.161. The Labute approximate surface area is 202 Å². The maximum Gasteiger partial charge on any atom is 0.266 e. The number of H-pyrrole nitrogens is 1. The van der Waals surface area contributed by atoms with Gasteiger partial charge in [0.05, 0.1) is 47.3 Å². The molecule has 7 rings (SSSR count). The molecule has 7 nitrogen and oxygen atoms in total. The van der Waals surface area contributed by atoms with E-state index in [1.165, 1.54) is 12.4 Å². The van der Waals surface area contributed by atoms with E-state index in [1.807, 2.05) is 25.1 Å². The van der Waals surface area contributed by atoms with Gasteiger partial charge in [-0.2, -0.15) is 0 Å². The third kappa shape index (κ3) is 4.20. The molecule has 4 aromatic heterocycles. The minimum Gasteiger partial charge on any atom is -0.374 e. The van der Waals surface area contributed by atoms with Crippen LogP contribution in [0, 0.1) is 18.2 Å². The molecule has 0 amide bonds. The van der Waals surface area contributed by atoms with Gasteiger partial charge in [-0.05, 0) is 81.9 Å². The van der Waals surface area contributed by atoms with E-state index < -0.39 is 0 Å². The Kier molecular flexibility index (Phi) is 5.36. The number of aryl methyl sites for hydroxylation is 3. The van der Waals surface area contributed by atoms with Crippen LogP contribution in [0.5, 0.6) is 0 Å². The van der Waals surface area contributed by atoms with Gasteiger partial charge in [0, 0.05) is 17.0 Å². The number of fused-ring (bicyclic) bond motifs is 5. The quantitative estimate of drug-likeness (QED) is 0.440. The van der Waals surface area contributed by atoms with Crippen molar-refractivity contribution in [2.24, 2.45) is 5.41 Å². The van der Waals surface area contributed by atoms with Crippen molar-refractivity contribution in [3.8, 4) is 0 Å². The van der Waals surface area contributed by atoms with Gasteiger partial charge in [0.2, 0.25) is 0 Å². The van der Waals surface area contributed by atoms with Crippen LogP contribution in [0.25, 0.3) is 22.1 Å². The zero-order valence-electron chi connectivity index (χ0n) is 19.8. The fraction of sp³-hybridized carbons (Fsp3) is 0.444. The summed E-state index contributed by atoms with van der Waals surface area (Å²) in [6, 6.07) is 5.74. The lowest BCUT2D eigenvalue weighted by molar-refractivity contribution is -0.188. The van der Waals surface area contributed by atoms with Crippen molar-refractivity contribution in [3.63, 3.8) is 0 Å². The number of hydrogen-bond acceptors (Lipinski definition) is 6. The Morgan fingerprint density at radius 3 is 2.63 bits per heavy atom. The van der Waals surface area contributed by atoms with Crippen molar-refractivity contribution < 1.29 is 9.13 Å². The molecule has 0 unspecified atom stereocenters. The Hall–Kier alpha value is -3.26. The highest BCUT2D eigenvalue weighted by Crippen LogP contribution is 2.52. The van der Waals surface area contributed by atoms with E-state index in [2.05, 4.69) is 24.9 Å². The summed E-state index contributed by atoms with van der Waals surface area (Å²) in [6.45, 7) is 2.65. The van der Waals surface area contributed by atoms with Crippen LogP contribution >= 0.6 is 0 Å². The first-order chi connectivity index (χ1) is 16.9. The van der Waals surface area contributed by atoms with Gasteiger partial charge in [0.1, 0.15) is 11.3 Å². The molecule has 8 heteroatoms. The van der Waals surface area contributed by atoms with Crippen LogP contribution < -0.4 is 5.56 Å². The minimum atomic E-state index is -0.285. The molecule has 180 valence electrons. The SMILES string of the molecule is Cc1ccc2ncc(F)c(CCC34CCC(CCc5cc6[nH]c(=O)cnc6cn5)(CC3)CO4)c2n1. The summed E-state index contributed by atoms with van der Waals surface area (Å²) in [7, 11) is 0. The monoisotopic (exact) mass is 473 g/mol. The molecule has 4 aromatic rings. The molecule has 3 aliphatic rings. The summed E-state index contributed by atoms with van der Waals surface area (Å²) in [6.07, 6.45) is 11.7. The second-order valence-electron chi connectivity index (χ2n) is 10.3. The van der Waals surface area contributed by atoms with Gasteiger partial charge in [-0.3, -0.25) is 19.7 Å². The summed E-state index contributed by atoms with van der Waals surface area (Å²) >= 11 is 0. The maximum absolute atomic E-state index is 14.7. The summed E-state index contributed by atoms with van der Waals surface area (Å²) in [5.41, 5.74) is 5.07. The predicted molar refractivity (Wildman–Crippen MR) is 131 cm³/mol. The predicted octanol–water partition coefficient (Wildman–Crippen LogP) is 4.60. The number of aromatic amines is 1. The standard InChI is InChI=1S/C27H28FN5O2/c1-17-2-3-21-25(32-17)19(20(28)13-30-21)5-7-27-10-8-26(9-11-27,16-35-27)6-4-18-12-22-23(14-29-18)31-15-24(34)33-22/h2-3,12-15H,4-11,16H2,1H3,(H,33,34). The van der Waals surface area contributed by atoms with E-state index >= 15 is 0 Å². The number of halogens is 1. The zero-order valence-corrected chi connectivity index (χ0v) is 19.8. The largest absolute Gasteiger partial charge is 0.374 e. The number of pyridine rings is 3. The van der Waals surface area contributed by atoms with Gasteiger partial charge < -0.3 is 9.72 Å². The lowest BCUT2D eigenvalue weighted by Gasteiger charge is -2.53. The molecule has 0 spiro atoms. The number of hydrogen-bond donors (Lipinski definition) is 1. The van der Waals surface area contributed by atoms with Crippen molar-refractivity contribution >= 4 is 22.1 Å². The maximum atomic E-state index is 14.7. The third-order valence-corrected chi connectivity index (χ3v) is 8.07. The first-order valence-corrected chi connectivity index (χ1v) is 12.3. The molecule has 0 atom stereocenters. The Morgan fingerprint density at radius 2 is 1.83 bits per heavy atom. The smallest absolute Gasteiger partial charge is 0.266 e. The molecular formula is C27H28FN5O2. The normalized spacial score (nSPS) is 23.8. The number of nitrogens with zero attached hydrogens (tertiary/aromatic N) is 4. The Bertz CT molecular complexity index is 1450. The van der Waals surface area contributed by atoms with Gasteiger partial charge in [-0.15, -0.1) is 0 Å². The van der Waals surface area contributed by atoms with Crippen molar-refractivity contribution in [2.75, 3.05) is 6.61 Å². The van der Waals surface area contributed by atoms with Crippen molar-refractivity contribution in [1.82, 2.24) is 24.9 Å². The lowest BCUT2D eigenvalue weighted by Crippen LogP contribution is -2.51. The van der Waals surface area contributed by atoms with Crippen molar-refractivity contribution in [3.05, 3.63) is 69.9 Å². The molecule has 2 aliphatic heterocycles. The first-order valence-electron chi connectivity index (χ1n) is 12.3. The van der Waals surface area contributed by atoms with Gasteiger partial charge in [0.15, 0.2) is 0 Å². The molecule has 1 N–H and O–H groups in total. The lowest BCUT2D eigenvalue weighted by atomic mass is 9.63. The Morgan fingerprint density at radius 1 is 1.00 bits per heavy atom. The molecule has 35 heavy (non-hydrogen) atoms. The molecule has 1 aliphatic carbocycles. The second kappa shape index (κ2) is 8.45. The van der Waals surface area contributed by atoms with E-state index in [-0.39, 0.29) is 22.4 Å². The van der Waals surface area contributed by atoms with Gasteiger partial charge >= 0.3 is 0 Å². The Balaban J connectivity index is 1.12. The van der Waals surface area contributed by atoms with E-state index in [0.29, 0.717) is 23.0 Å². The number of nitrogens with one attached hydrogen (secondary N) is 1. The van der Waals surface area contributed by atoms with E-state index in [1.54, 1.807) is 6.20 Å². The van der Waals surface area contributed by atoms with Gasteiger partial charge in [0.25, 0.3) is 5.56 Å². The van der Waals surface area contributed by atoms with Crippen LogP contribution in [0.15, 0.2) is 41.6 Å². The number of ether oxygens (including phenoxy) is 1. The number of rotatable bonds is 6. The highest BCUT2D eigenvalue weighted by atomic mass is 19.1. The average molecular weight is 474 g/mol. The molecular weight excluding hydrogens is 445 g/mol. The molecule has 1 saturated carbocycles. The van der Waals surface area contributed by atoms with Crippen molar-refractivity contribution in [2.45, 2.75) is 63.9 Å². The third-order valence-electron chi connectivity index (χ3n) is 8.07. The van der Waals surface area contributed by atoms with E-state index in [0.717, 1.165) is 74.0 Å². The fourth-order valence-electron chi connectivity index (χ4n) is 5.78. The molecule has 0 aromatic carbocycles. The summed E-state index contributed by atoms with van der Waals surface area (Å²) in [5, 5.41) is 0. The highest BCUT2D eigenvalue weighted by molar-refractivity contribution is 5.78. The molecule has 2 bridgehead atoms. The van der Waals surface area contributed by atoms with Crippen molar-refractivity contribution in [1.29, 1.82) is 0 Å². The first kappa shape index (κ1) is 22.2. The number of aromatic nitrogens is 5. The van der Waals surface area contributed by atoms with Crippen LogP contribution in [-0.4, -0.2) is 37.1 Å². The van der Waals surface area contributed by atoms with E-state index in [9.17, 15) is 9.18 Å². The van der Waals surface area contributed by atoms with E-state index in [4.69, 9.17) is 4.74 Å². The van der Waals surface area contributed by atoms with Crippen LogP contribution in [0.2, 0.25) is 0 Å². The summed E-state index contributed by atoms with van der Waals surface area (Å²) in [5.74, 6) is -0.285. The summed E-state index contributed by atoms with van der Waals surface area (Å²) < 4.78 is 21.2. The second-order valence-corrected chi connectivity index (χ2v) is 10.3. The van der Waals surface area contributed by atoms with Gasteiger partial charge in [-0.1, -0.05) is 0 Å². The average Bonchev–Trinajstić information content (AvgIpc) is 2.88. The fourth-order valence-corrected chi connectivity index (χ4v) is 5.78. The molecule has 2 saturated heterocycles. The topological polar surface area (TPSA) is 93.7 Å². The van der Waals surface area contributed by atoms with Crippen LogP contribution in [-0.2, 0) is 17.6 Å². The zero-order chi connectivity index (χ0) is 24.0. The van der Waals surface area contributed by atoms with Crippen LogP contribution in [0.4, 0.5) is 4.39 Å².